The first-order chi connectivity index (χ1) is 17.8. The van der Waals surface area contributed by atoms with Gasteiger partial charge in [0.1, 0.15) is 5.82 Å². The summed E-state index contributed by atoms with van der Waals surface area (Å²) in [6.45, 7) is 3.62. The number of amides is 2. The van der Waals surface area contributed by atoms with Crippen molar-refractivity contribution in [1.82, 2.24) is 25.0 Å². The van der Waals surface area contributed by atoms with E-state index in [1.165, 1.54) is 11.8 Å². The first-order valence-corrected chi connectivity index (χ1v) is 11.6. The summed E-state index contributed by atoms with van der Waals surface area (Å²) in [5.41, 5.74) is 10.3. The van der Waals surface area contributed by atoms with Gasteiger partial charge in [0.2, 0.25) is 5.91 Å². The maximum atomic E-state index is 12.8. The Labute approximate surface area is 212 Å². The zero-order valence-electron chi connectivity index (χ0n) is 20.6. The fraction of sp³-hybridized carbons (Fsp3) is 0.231. The predicted molar refractivity (Wildman–Crippen MR) is 135 cm³/mol. The molecule has 4 aromatic rings. The molecule has 2 amide bonds. The van der Waals surface area contributed by atoms with Gasteiger partial charge in [-0.1, -0.05) is 35.9 Å². The minimum atomic E-state index is -0.592. The number of ether oxygens (including phenoxy) is 2. The van der Waals surface area contributed by atoms with Crippen molar-refractivity contribution in [2.24, 2.45) is 5.73 Å². The molecule has 0 spiro atoms. The second-order valence-corrected chi connectivity index (χ2v) is 8.74. The number of hydrogen-bond acceptors (Lipinski definition) is 8. The van der Waals surface area contributed by atoms with Gasteiger partial charge in [0, 0.05) is 23.5 Å². The minimum absolute atomic E-state index is 0.172. The number of hydrogen-bond donors (Lipinski definition) is 2. The summed E-state index contributed by atoms with van der Waals surface area (Å²) >= 11 is 0. The molecule has 5 rings (SSSR count). The van der Waals surface area contributed by atoms with Gasteiger partial charge in [0.25, 0.3) is 11.9 Å². The quantitative estimate of drug-likeness (QED) is 0.394. The Balaban J connectivity index is 1.54. The molecule has 2 aromatic heterocycles. The van der Waals surface area contributed by atoms with Crippen LogP contribution >= 0.6 is 0 Å². The molecule has 0 saturated heterocycles. The molecule has 3 N–H and O–H groups in total. The highest BCUT2D eigenvalue weighted by Crippen LogP contribution is 2.42. The molecular weight excluding hydrogens is 474 g/mol. The molecule has 0 radical (unpaired) electrons. The number of aryl methyl sites for hydroxylation is 2. The van der Waals surface area contributed by atoms with E-state index in [1.807, 2.05) is 44.2 Å². The van der Waals surface area contributed by atoms with Crippen LogP contribution in [0.5, 0.6) is 11.5 Å². The number of aromatic nitrogens is 5. The minimum Gasteiger partial charge on any atom is -0.493 e. The molecule has 188 valence electrons. The normalized spacial score (nSPS) is 14.6. The third-order valence-electron chi connectivity index (χ3n) is 6.15. The van der Waals surface area contributed by atoms with Crippen molar-refractivity contribution in [3.05, 3.63) is 71.0 Å². The highest BCUT2D eigenvalue weighted by atomic mass is 16.5. The lowest BCUT2D eigenvalue weighted by Crippen LogP contribution is -2.25. The number of nitrogens with two attached hydrogens (primary N) is 1. The summed E-state index contributed by atoms with van der Waals surface area (Å²) in [5.74, 6) is 0.482. The lowest BCUT2D eigenvalue weighted by Gasteiger charge is -2.25. The lowest BCUT2D eigenvalue weighted by molar-refractivity contribution is -0.120. The standard InChI is InChI=1S/C26H25N7O4/c1-14-4-6-16(7-5-14)19-12-28-31-26(29-19)33-25-24(15(2)32-33)18(11-23(35)30-25)17-8-9-20(21(10-17)36-3)37-13-22(27)34/h4-10,12,18H,11,13H2,1-3H3,(H2,27,34)(H,30,35)/t18-/m0/s1. The van der Waals surface area contributed by atoms with E-state index in [0.29, 0.717) is 23.0 Å². The highest BCUT2D eigenvalue weighted by Gasteiger charge is 2.34. The van der Waals surface area contributed by atoms with E-state index in [4.69, 9.17) is 15.2 Å². The molecule has 11 nitrogen and oxygen atoms in total. The van der Waals surface area contributed by atoms with Crippen LogP contribution in [0.2, 0.25) is 0 Å². The van der Waals surface area contributed by atoms with Crippen molar-refractivity contribution in [1.29, 1.82) is 0 Å². The van der Waals surface area contributed by atoms with Gasteiger partial charge in [0.05, 0.1) is 24.7 Å². The Morgan fingerprint density at radius 2 is 1.95 bits per heavy atom. The van der Waals surface area contributed by atoms with Crippen LogP contribution in [0.25, 0.3) is 17.2 Å². The van der Waals surface area contributed by atoms with Gasteiger partial charge in [-0.2, -0.15) is 14.9 Å². The number of fused-ring (bicyclic) bond motifs is 1. The number of nitrogens with one attached hydrogen (secondary N) is 1. The summed E-state index contributed by atoms with van der Waals surface area (Å²) in [4.78, 5) is 28.6. The first-order valence-electron chi connectivity index (χ1n) is 11.6. The van der Waals surface area contributed by atoms with E-state index < -0.39 is 5.91 Å². The van der Waals surface area contributed by atoms with Gasteiger partial charge in [-0.3, -0.25) is 9.59 Å². The predicted octanol–water partition coefficient (Wildman–Crippen LogP) is 2.69. The van der Waals surface area contributed by atoms with Crippen LogP contribution in [0.15, 0.2) is 48.7 Å². The molecule has 1 atom stereocenters. The van der Waals surface area contributed by atoms with E-state index in [2.05, 4.69) is 25.6 Å². The number of nitrogens with zero attached hydrogens (tertiary/aromatic N) is 5. The van der Waals surface area contributed by atoms with Crippen LogP contribution in [-0.2, 0) is 9.59 Å². The number of carbonyl (C=O) groups is 2. The van der Waals surface area contributed by atoms with E-state index in [1.54, 1.807) is 18.3 Å². The van der Waals surface area contributed by atoms with Gasteiger partial charge in [-0.05, 0) is 31.5 Å². The third kappa shape index (κ3) is 4.70. The second kappa shape index (κ2) is 9.69. The zero-order chi connectivity index (χ0) is 26.1. The fourth-order valence-electron chi connectivity index (χ4n) is 4.39. The number of anilines is 1. The largest absolute Gasteiger partial charge is 0.493 e. The smallest absolute Gasteiger partial charge is 0.272 e. The van der Waals surface area contributed by atoms with E-state index in [-0.39, 0.29) is 30.8 Å². The third-order valence-corrected chi connectivity index (χ3v) is 6.15. The van der Waals surface area contributed by atoms with Gasteiger partial charge >= 0.3 is 0 Å². The van der Waals surface area contributed by atoms with Crippen LogP contribution in [-0.4, -0.2) is 50.5 Å². The molecule has 0 bridgehead atoms. The maximum absolute atomic E-state index is 12.8. The lowest BCUT2D eigenvalue weighted by atomic mass is 9.85. The molecule has 1 aliphatic heterocycles. The molecule has 3 heterocycles. The van der Waals surface area contributed by atoms with Crippen molar-refractivity contribution in [2.75, 3.05) is 19.0 Å². The number of methoxy groups -OCH3 is 1. The number of rotatable bonds is 7. The average Bonchev–Trinajstić information content (AvgIpc) is 3.23. The Morgan fingerprint density at radius 1 is 1.16 bits per heavy atom. The van der Waals surface area contributed by atoms with Gasteiger partial charge in [0.15, 0.2) is 18.1 Å². The van der Waals surface area contributed by atoms with Gasteiger partial charge < -0.3 is 20.5 Å². The average molecular weight is 500 g/mol. The zero-order valence-corrected chi connectivity index (χ0v) is 20.6. The van der Waals surface area contributed by atoms with Gasteiger partial charge in [-0.15, -0.1) is 5.10 Å². The Bertz CT molecular complexity index is 1500. The van der Waals surface area contributed by atoms with E-state index >= 15 is 0 Å². The van der Waals surface area contributed by atoms with Crippen molar-refractivity contribution < 1.29 is 19.1 Å². The molecule has 37 heavy (non-hydrogen) atoms. The van der Waals surface area contributed by atoms with Crippen molar-refractivity contribution in [3.8, 4) is 28.7 Å². The van der Waals surface area contributed by atoms with E-state index in [9.17, 15) is 9.59 Å². The Morgan fingerprint density at radius 3 is 2.68 bits per heavy atom. The van der Waals surface area contributed by atoms with Gasteiger partial charge in [-0.25, -0.2) is 4.98 Å². The maximum Gasteiger partial charge on any atom is 0.272 e. The number of carbonyl (C=O) groups excluding carboxylic acids is 2. The molecule has 11 heteroatoms. The summed E-state index contributed by atoms with van der Waals surface area (Å²) in [6, 6.07) is 13.3. The number of primary amides is 1. The van der Waals surface area contributed by atoms with Crippen molar-refractivity contribution in [2.45, 2.75) is 26.2 Å². The monoisotopic (exact) mass is 499 g/mol. The second-order valence-electron chi connectivity index (χ2n) is 8.74. The fourth-order valence-corrected chi connectivity index (χ4v) is 4.39. The SMILES string of the molecule is COc1cc([C@@H]2CC(=O)Nc3c2c(C)nn3-c2nncc(-c3ccc(C)cc3)n2)ccc1OCC(N)=O. The molecule has 0 unspecified atom stereocenters. The van der Waals surface area contributed by atoms with Crippen LogP contribution in [0, 0.1) is 13.8 Å². The van der Waals surface area contributed by atoms with Crippen molar-refractivity contribution >= 4 is 17.6 Å². The topological polar surface area (TPSA) is 147 Å². The summed E-state index contributed by atoms with van der Waals surface area (Å²) in [6.07, 6.45) is 1.80. The molecule has 2 aromatic carbocycles. The molecule has 0 aliphatic carbocycles. The van der Waals surface area contributed by atoms with Crippen molar-refractivity contribution in [3.63, 3.8) is 0 Å². The molecule has 0 saturated carbocycles. The Kier molecular flexibility index (Phi) is 6.26. The first kappa shape index (κ1) is 23.9. The summed E-state index contributed by atoms with van der Waals surface area (Å²) in [5, 5.41) is 15.9. The molecule has 1 aliphatic rings. The van der Waals surface area contributed by atoms with Crippen LogP contribution < -0.4 is 20.5 Å². The molecular formula is C26H25N7O4. The summed E-state index contributed by atoms with van der Waals surface area (Å²) < 4.78 is 12.4. The number of benzene rings is 2. The van der Waals surface area contributed by atoms with E-state index in [0.717, 1.165) is 27.9 Å². The van der Waals surface area contributed by atoms with Crippen LogP contribution in [0.3, 0.4) is 0 Å². The Hall–Kier alpha value is -4.80. The highest BCUT2D eigenvalue weighted by molar-refractivity contribution is 5.95. The van der Waals surface area contributed by atoms with Crippen LogP contribution in [0.4, 0.5) is 5.82 Å². The molecule has 0 fully saturated rings. The van der Waals surface area contributed by atoms with Crippen LogP contribution in [0.1, 0.15) is 34.7 Å². The summed E-state index contributed by atoms with van der Waals surface area (Å²) in [7, 11) is 1.50.